The molecule has 0 saturated carbocycles. The van der Waals surface area contributed by atoms with Crippen molar-refractivity contribution in [2.75, 3.05) is 6.54 Å². The molecule has 0 atom stereocenters. The topological polar surface area (TPSA) is 29.9 Å². The summed E-state index contributed by atoms with van der Waals surface area (Å²) in [5.41, 5.74) is 3.64. The van der Waals surface area contributed by atoms with Crippen molar-refractivity contribution in [3.05, 3.63) is 29.6 Å². The molecule has 0 saturated heterocycles. The Balaban J connectivity index is 2.39. The van der Waals surface area contributed by atoms with E-state index in [1.54, 1.807) is 0 Å². The van der Waals surface area contributed by atoms with Crippen LogP contribution in [0.3, 0.4) is 0 Å². The molecule has 0 aliphatic carbocycles. The molecule has 3 heteroatoms. The van der Waals surface area contributed by atoms with Crippen molar-refractivity contribution in [2.45, 2.75) is 33.9 Å². The quantitative estimate of drug-likeness (QED) is 0.852. The Bertz CT molecular complexity index is 485. The van der Waals surface area contributed by atoms with Crippen LogP contribution in [0.2, 0.25) is 0 Å². The highest BCUT2D eigenvalue weighted by molar-refractivity contribution is 5.76. The smallest absolute Gasteiger partial charge is 0.106 e. The molecule has 0 unspecified atom stereocenters. The second-order valence-corrected chi connectivity index (χ2v) is 4.01. The second kappa shape index (κ2) is 4.66. The number of nitrogens with zero attached hydrogens (tertiary/aromatic N) is 2. The third-order valence-electron chi connectivity index (χ3n) is 2.90. The number of nitrogens with one attached hydrogen (secondary N) is 1. The van der Waals surface area contributed by atoms with Gasteiger partial charge in [0.1, 0.15) is 5.82 Å². The molecule has 2 rings (SSSR count). The second-order valence-electron chi connectivity index (χ2n) is 4.01. The van der Waals surface area contributed by atoms with Gasteiger partial charge in [-0.25, -0.2) is 4.98 Å². The zero-order valence-corrected chi connectivity index (χ0v) is 10.2. The van der Waals surface area contributed by atoms with Crippen LogP contribution in [0.15, 0.2) is 18.2 Å². The summed E-state index contributed by atoms with van der Waals surface area (Å²) in [6.45, 7) is 9.24. The summed E-state index contributed by atoms with van der Waals surface area (Å²) in [5, 5.41) is 3.33. The summed E-state index contributed by atoms with van der Waals surface area (Å²) >= 11 is 0. The van der Waals surface area contributed by atoms with E-state index in [9.17, 15) is 0 Å². The van der Waals surface area contributed by atoms with Crippen LogP contribution in [-0.2, 0) is 13.1 Å². The molecule has 3 nitrogen and oxygen atoms in total. The summed E-state index contributed by atoms with van der Waals surface area (Å²) in [4.78, 5) is 4.59. The molecule has 0 aliphatic heterocycles. The molecular formula is C13H19N3. The van der Waals surface area contributed by atoms with Crippen LogP contribution in [0.4, 0.5) is 0 Å². The standard InChI is InChI=1S/C13H19N3/c1-4-14-9-11-6-7-13-12(8-11)15-10(3)16(13)5-2/h6-8,14H,4-5,9H2,1-3H3. The SMILES string of the molecule is CCNCc1ccc2c(c1)nc(C)n2CC. The molecule has 86 valence electrons. The molecule has 0 aliphatic rings. The lowest BCUT2D eigenvalue weighted by Crippen LogP contribution is -2.11. The Hall–Kier alpha value is -1.35. The molecule has 1 aromatic carbocycles. The van der Waals surface area contributed by atoms with Gasteiger partial charge in [0.25, 0.3) is 0 Å². The monoisotopic (exact) mass is 217 g/mol. The first-order chi connectivity index (χ1) is 7.76. The van der Waals surface area contributed by atoms with Gasteiger partial charge in [-0.3, -0.25) is 0 Å². The van der Waals surface area contributed by atoms with Crippen LogP contribution in [-0.4, -0.2) is 16.1 Å². The number of rotatable bonds is 4. The van der Waals surface area contributed by atoms with Crippen LogP contribution in [0.25, 0.3) is 11.0 Å². The van der Waals surface area contributed by atoms with Gasteiger partial charge in [0.05, 0.1) is 11.0 Å². The number of fused-ring (bicyclic) bond motifs is 1. The first-order valence-corrected chi connectivity index (χ1v) is 5.92. The van der Waals surface area contributed by atoms with Gasteiger partial charge in [0.2, 0.25) is 0 Å². The maximum absolute atomic E-state index is 4.59. The first-order valence-electron chi connectivity index (χ1n) is 5.92. The molecule has 0 amide bonds. The fraction of sp³-hybridized carbons (Fsp3) is 0.462. The molecule has 0 fully saturated rings. The van der Waals surface area contributed by atoms with E-state index in [-0.39, 0.29) is 0 Å². The zero-order valence-electron chi connectivity index (χ0n) is 10.2. The number of aromatic nitrogens is 2. The summed E-state index contributed by atoms with van der Waals surface area (Å²) in [6, 6.07) is 6.53. The van der Waals surface area contributed by atoms with E-state index < -0.39 is 0 Å². The third kappa shape index (κ3) is 1.95. The molecule has 0 bridgehead atoms. The molecule has 1 N–H and O–H groups in total. The lowest BCUT2D eigenvalue weighted by Gasteiger charge is -2.03. The van der Waals surface area contributed by atoms with Crippen LogP contribution >= 0.6 is 0 Å². The molecule has 1 aromatic heterocycles. The normalized spacial score (nSPS) is 11.2. The fourth-order valence-electron chi connectivity index (χ4n) is 2.07. The lowest BCUT2D eigenvalue weighted by atomic mass is 10.2. The van der Waals surface area contributed by atoms with Gasteiger partial charge in [-0.1, -0.05) is 13.0 Å². The van der Waals surface area contributed by atoms with Gasteiger partial charge >= 0.3 is 0 Å². The van der Waals surface area contributed by atoms with Crippen molar-refractivity contribution in [2.24, 2.45) is 0 Å². The number of hydrogen-bond acceptors (Lipinski definition) is 2. The van der Waals surface area contributed by atoms with Crippen molar-refractivity contribution >= 4 is 11.0 Å². The van der Waals surface area contributed by atoms with Crippen molar-refractivity contribution in [3.63, 3.8) is 0 Å². The zero-order chi connectivity index (χ0) is 11.5. The summed E-state index contributed by atoms with van der Waals surface area (Å²) < 4.78 is 2.24. The van der Waals surface area contributed by atoms with E-state index in [1.165, 1.54) is 11.1 Å². The average Bonchev–Trinajstić information content (AvgIpc) is 2.60. The highest BCUT2D eigenvalue weighted by atomic mass is 15.1. The number of aryl methyl sites for hydroxylation is 2. The highest BCUT2D eigenvalue weighted by Crippen LogP contribution is 2.17. The van der Waals surface area contributed by atoms with E-state index in [0.29, 0.717) is 0 Å². The van der Waals surface area contributed by atoms with Gasteiger partial charge in [-0.05, 0) is 38.1 Å². The average molecular weight is 217 g/mol. The van der Waals surface area contributed by atoms with Crippen LogP contribution in [0, 0.1) is 6.92 Å². The molecule has 2 aromatic rings. The van der Waals surface area contributed by atoms with Crippen molar-refractivity contribution < 1.29 is 0 Å². The Morgan fingerprint density at radius 2 is 2.12 bits per heavy atom. The van der Waals surface area contributed by atoms with E-state index in [2.05, 4.69) is 53.8 Å². The van der Waals surface area contributed by atoms with Gasteiger partial charge in [0.15, 0.2) is 0 Å². The van der Waals surface area contributed by atoms with Crippen molar-refractivity contribution in [3.8, 4) is 0 Å². The van der Waals surface area contributed by atoms with Crippen LogP contribution in [0.1, 0.15) is 25.2 Å². The third-order valence-corrected chi connectivity index (χ3v) is 2.90. The highest BCUT2D eigenvalue weighted by Gasteiger charge is 2.05. The predicted molar refractivity (Wildman–Crippen MR) is 67.5 cm³/mol. The van der Waals surface area contributed by atoms with E-state index in [4.69, 9.17) is 0 Å². The molecular weight excluding hydrogens is 198 g/mol. The summed E-state index contributed by atoms with van der Waals surface area (Å²) in [6.07, 6.45) is 0. The van der Waals surface area contributed by atoms with Crippen molar-refractivity contribution in [1.82, 2.24) is 14.9 Å². The van der Waals surface area contributed by atoms with Gasteiger partial charge in [-0.15, -0.1) is 0 Å². The first kappa shape index (κ1) is 11.1. The number of imidazole rings is 1. The number of hydrogen-bond donors (Lipinski definition) is 1. The predicted octanol–water partition coefficient (Wildman–Crippen LogP) is 2.47. The van der Waals surface area contributed by atoms with E-state index in [1.807, 2.05) is 0 Å². The Kier molecular flexibility index (Phi) is 3.25. The van der Waals surface area contributed by atoms with Crippen molar-refractivity contribution in [1.29, 1.82) is 0 Å². The Labute approximate surface area is 96.5 Å². The van der Waals surface area contributed by atoms with Crippen LogP contribution < -0.4 is 5.32 Å². The lowest BCUT2D eigenvalue weighted by molar-refractivity contribution is 0.727. The maximum atomic E-state index is 4.59. The van der Waals surface area contributed by atoms with Gasteiger partial charge < -0.3 is 9.88 Å². The Morgan fingerprint density at radius 1 is 1.31 bits per heavy atom. The minimum Gasteiger partial charge on any atom is -0.329 e. The largest absolute Gasteiger partial charge is 0.329 e. The minimum absolute atomic E-state index is 0.921. The molecule has 0 radical (unpaired) electrons. The van der Waals surface area contributed by atoms with Gasteiger partial charge in [-0.2, -0.15) is 0 Å². The number of benzene rings is 1. The maximum Gasteiger partial charge on any atom is 0.106 e. The fourth-order valence-corrected chi connectivity index (χ4v) is 2.07. The Morgan fingerprint density at radius 3 is 2.81 bits per heavy atom. The molecule has 16 heavy (non-hydrogen) atoms. The van der Waals surface area contributed by atoms with Crippen LogP contribution in [0.5, 0.6) is 0 Å². The minimum atomic E-state index is 0.921. The molecule has 0 spiro atoms. The van der Waals surface area contributed by atoms with E-state index in [0.717, 1.165) is 31.0 Å². The summed E-state index contributed by atoms with van der Waals surface area (Å²) in [7, 11) is 0. The summed E-state index contributed by atoms with van der Waals surface area (Å²) in [5.74, 6) is 1.10. The molecule has 1 heterocycles. The van der Waals surface area contributed by atoms with E-state index >= 15 is 0 Å². The van der Waals surface area contributed by atoms with Gasteiger partial charge in [0, 0.05) is 13.1 Å².